The fraction of sp³-hybridized carbons (Fsp3) is 0. The largest absolute Gasteiger partial charge is 0.310 e. The highest BCUT2D eigenvalue weighted by Gasteiger charge is 2.25. The van der Waals surface area contributed by atoms with Crippen LogP contribution < -0.4 is 9.80 Å². The molecule has 0 saturated heterocycles. The summed E-state index contributed by atoms with van der Waals surface area (Å²) in [6.07, 6.45) is 0. The van der Waals surface area contributed by atoms with Crippen molar-refractivity contribution in [3.05, 3.63) is 255 Å². The maximum absolute atomic E-state index is 9.25. The molecule has 0 amide bonds. The summed E-state index contributed by atoms with van der Waals surface area (Å²) >= 11 is 0. The van der Waals surface area contributed by atoms with Gasteiger partial charge in [-0.3, -0.25) is 0 Å². The minimum absolute atomic E-state index is 0.0535. The zero-order chi connectivity index (χ0) is 54.6. The van der Waals surface area contributed by atoms with E-state index in [1.54, 1.807) is 9.80 Å². The first-order chi connectivity index (χ1) is 38.9. The van der Waals surface area contributed by atoms with E-state index < -0.39 is 36.3 Å². The number of nitrogens with zero attached hydrogens (tertiary/aromatic N) is 4. The Morgan fingerprint density at radius 2 is 0.657 bits per heavy atom. The average molecular weight is 901 g/mol. The van der Waals surface area contributed by atoms with Crippen LogP contribution in [-0.4, -0.2) is 8.80 Å². The highest BCUT2D eigenvalue weighted by molar-refractivity contribution is 6.29. The summed E-state index contributed by atoms with van der Waals surface area (Å²) in [5.41, 5.74) is 12.3. The molecule has 0 N–H and O–H groups in total. The normalized spacial score (nSPS) is 14.0. The van der Waals surface area contributed by atoms with Crippen molar-refractivity contribution < 1.29 is 13.7 Å². The lowest BCUT2D eigenvalue weighted by atomic mass is 10.0. The van der Waals surface area contributed by atoms with Gasteiger partial charge in [0.05, 0.1) is 58.2 Å². The third-order valence-electron chi connectivity index (χ3n) is 14.1. The van der Waals surface area contributed by atoms with Crippen molar-refractivity contribution in [2.75, 3.05) is 9.80 Å². The fourth-order valence-electron chi connectivity index (χ4n) is 11.3. The summed E-state index contributed by atoms with van der Waals surface area (Å²) in [4.78, 5) is 3.61. The van der Waals surface area contributed by atoms with Crippen LogP contribution in [0.25, 0.3) is 98.4 Å². The van der Waals surface area contributed by atoms with Gasteiger partial charge in [0.25, 0.3) is 0 Å². The van der Waals surface area contributed by atoms with Crippen molar-refractivity contribution in [3.63, 3.8) is 0 Å². The molecule has 0 aliphatic heterocycles. The van der Waals surface area contributed by atoms with Crippen LogP contribution in [0.15, 0.2) is 255 Å². The number of aromatic nitrogens is 2. The average Bonchev–Trinajstić information content (AvgIpc) is 4.37. The van der Waals surface area contributed by atoms with Gasteiger partial charge >= 0.3 is 0 Å². The minimum atomic E-state index is -0.455. The standard InChI is InChI=1S/C66H42N4/c1-5-19-43(20-6-1)49-27-13-15-33-59(49)67(45-23-9-3-10-24-45)47-35-37-61-55(39-47)51-29-17-31-53-57-42-64-58(41-63(57)69(61)65(51)53)54-32-18-30-52-56-40-48(36-38-62(56)70(64)66(52)54)68(46-25-11-4-12-26-46)60-34-16-14-28-50(60)44-21-7-2-8-22-44/h1-42H/i3D,4D,9D,10D,11D,12D,23D,24D,25D,26D. The first kappa shape index (κ1) is 30.1. The Morgan fingerprint density at radius 3 is 1.07 bits per heavy atom. The molecule has 0 atom stereocenters. The van der Waals surface area contributed by atoms with Crippen LogP contribution in [0.5, 0.6) is 0 Å². The molecule has 0 aliphatic carbocycles. The molecule has 0 bridgehead atoms. The molecule has 0 aliphatic rings. The van der Waals surface area contributed by atoms with E-state index in [4.69, 9.17) is 8.22 Å². The van der Waals surface area contributed by atoms with Gasteiger partial charge < -0.3 is 18.6 Å². The number of fused-ring (bicyclic) bond motifs is 12. The van der Waals surface area contributed by atoms with Crippen molar-refractivity contribution >= 4 is 110 Å². The molecule has 4 heterocycles. The second-order valence-electron chi connectivity index (χ2n) is 17.7. The van der Waals surface area contributed by atoms with E-state index in [2.05, 4.69) is 81.6 Å². The Balaban J connectivity index is 0.942. The van der Waals surface area contributed by atoms with Crippen LogP contribution in [0.3, 0.4) is 0 Å². The van der Waals surface area contributed by atoms with Crippen LogP contribution in [0.2, 0.25) is 0 Å². The van der Waals surface area contributed by atoms with Crippen LogP contribution in [0.1, 0.15) is 13.7 Å². The van der Waals surface area contributed by atoms with Gasteiger partial charge in [-0.05, 0) is 96.0 Å². The van der Waals surface area contributed by atoms with Crippen molar-refractivity contribution in [1.82, 2.24) is 8.80 Å². The zero-order valence-corrected chi connectivity index (χ0v) is 37.3. The molecule has 0 radical (unpaired) electrons. The highest BCUT2D eigenvalue weighted by Crippen LogP contribution is 2.48. The Kier molecular flexibility index (Phi) is 6.48. The molecule has 4 heteroatoms. The van der Waals surface area contributed by atoms with Crippen LogP contribution in [0, 0.1) is 0 Å². The van der Waals surface area contributed by atoms with Gasteiger partial charge in [0.2, 0.25) is 0 Å². The Labute approximate surface area is 418 Å². The van der Waals surface area contributed by atoms with E-state index in [0.29, 0.717) is 22.7 Å². The summed E-state index contributed by atoms with van der Waals surface area (Å²) in [7, 11) is 0. The molecule has 0 saturated carbocycles. The van der Waals surface area contributed by atoms with Crippen molar-refractivity contribution in [2.24, 2.45) is 0 Å². The molecule has 4 aromatic heterocycles. The van der Waals surface area contributed by atoms with Gasteiger partial charge in [0, 0.05) is 77.0 Å². The first-order valence-electron chi connectivity index (χ1n) is 28.3. The summed E-state index contributed by atoms with van der Waals surface area (Å²) < 4.78 is 93.6. The fourth-order valence-corrected chi connectivity index (χ4v) is 11.3. The third-order valence-corrected chi connectivity index (χ3v) is 14.1. The SMILES string of the molecule is [2H]c1c([2H])c([2H])c(N(c2ccc3c(c2)c2cccc4c5cc6c(cc5n3c24)c2cccc3c4cc(N(c5ccccc5-c5ccccc5)c5c([2H])c([2H])c([2H])c([2H])c5[2H])ccc4n6c32)c2ccccc2-c2ccccc2)c([2H])c1[2H]. The van der Waals surface area contributed by atoms with E-state index in [1.807, 2.05) is 121 Å². The lowest BCUT2D eigenvalue weighted by Crippen LogP contribution is -2.11. The minimum Gasteiger partial charge on any atom is -0.310 e. The summed E-state index contributed by atoms with van der Waals surface area (Å²) in [5, 5.41) is 8.16. The van der Waals surface area contributed by atoms with Gasteiger partial charge in [-0.2, -0.15) is 0 Å². The smallest absolute Gasteiger partial charge is 0.0645 e. The number of hydrogen-bond donors (Lipinski definition) is 0. The van der Waals surface area contributed by atoms with Crippen LogP contribution in [-0.2, 0) is 0 Å². The lowest BCUT2D eigenvalue weighted by Gasteiger charge is -2.28. The maximum atomic E-state index is 9.25. The molecule has 0 fully saturated rings. The number of hydrogen-bond acceptors (Lipinski definition) is 2. The number of para-hydroxylation sites is 6. The monoisotopic (exact) mass is 900 g/mol. The van der Waals surface area contributed by atoms with Gasteiger partial charge in [-0.15, -0.1) is 0 Å². The van der Waals surface area contributed by atoms with E-state index in [-0.39, 0.29) is 35.5 Å². The van der Waals surface area contributed by atoms with Crippen molar-refractivity contribution in [1.29, 1.82) is 0 Å². The predicted molar refractivity (Wildman–Crippen MR) is 296 cm³/mol. The summed E-state index contributed by atoms with van der Waals surface area (Å²) in [6.45, 7) is 0. The van der Waals surface area contributed by atoms with Crippen LogP contribution >= 0.6 is 0 Å². The van der Waals surface area contributed by atoms with E-state index in [1.165, 1.54) is 0 Å². The number of anilines is 6. The van der Waals surface area contributed by atoms with E-state index in [9.17, 15) is 5.48 Å². The quantitative estimate of drug-likeness (QED) is 0.151. The van der Waals surface area contributed by atoms with Gasteiger partial charge in [-0.25, -0.2) is 0 Å². The molecule has 0 unspecified atom stereocenters. The Morgan fingerprint density at radius 1 is 0.286 bits per heavy atom. The number of rotatable bonds is 8. The second kappa shape index (κ2) is 15.1. The van der Waals surface area contributed by atoms with E-state index in [0.717, 1.165) is 98.4 Å². The van der Waals surface area contributed by atoms with Gasteiger partial charge in [0.1, 0.15) is 0 Å². The second-order valence-corrected chi connectivity index (χ2v) is 17.7. The van der Waals surface area contributed by atoms with Gasteiger partial charge in [-0.1, -0.05) is 170 Å². The highest BCUT2D eigenvalue weighted by atomic mass is 15.2. The molecular weight excluding hydrogens is 849 g/mol. The summed E-state index contributed by atoms with van der Waals surface area (Å²) in [6, 6.07) is 61.0. The van der Waals surface area contributed by atoms with Crippen molar-refractivity contribution in [2.45, 2.75) is 0 Å². The lowest BCUT2D eigenvalue weighted by molar-refractivity contribution is 1.28. The molecule has 15 aromatic rings. The predicted octanol–water partition coefficient (Wildman–Crippen LogP) is 18.3. The molecule has 15 rings (SSSR count). The third kappa shape index (κ3) is 5.59. The van der Waals surface area contributed by atoms with Crippen molar-refractivity contribution in [3.8, 4) is 22.3 Å². The van der Waals surface area contributed by atoms with Gasteiger partial charge in [0.15, 0.2) is 0 Å². The topological polar surface area (TPSA) is 15.3 Å². The van der Waals surface area contributed by atoms with Crippen LogP contribution in [0.4, 0.5) is 34.1 Å². The number of benzene rings is 11. The van der Waals surface area contributed by atoms with E-state index >= 15 is 0 Å². The summed E-state index contributed by atoms with van der Waals surface area (Å²) in [5.74, 6) is 0. The molecule has 0 spiro atoms. The Bertz CT molecular complexity index is 4720. The maximum Gasteiger partial charge on any atom is 0.0645 e. The zero-order valence-electron chi connectivity index (χ0n) is 47.3. The molecular formula is C66H42N4. The Hall–Kier alpha value is -9.38. The first-order valence-corrected chi connectivity index (χ1v) is 23.3. The molecule has 326 valence electrons. The molecule has 70 heavy (non-hydrogen) atoms. The molecule has 4 nitrogen and oxygen atoms in total. The molecule has 11 aromatic carbocycles.